The molecule has 6 nitrogen and oxygen atoms in total. The first kappa shape index (κ1) is 17.2. The van der Waals surface area contributed by atoms with E-state index in [1.54, 1.807) is 17.7 Å². The van der Waals surface area contributed by atoms with E-state index in [-0.39, 0.29) is 11.5 Å². The number of carbonyl (C=O) groups is 1. The van der Waals surface area contributed by atoms with Gasteiger partial charge in [-0.1, -0.05) is 0 Å². The molecule has 0 atom stereocenters. The Morgan fingerprint density at radius 1 is 1.21 bits per heavy atom. The first-order valence-electron chi connectivity index (χ1n) is 8.85. The molecule has 0 N–H and O–H groups in total. The molecule has 0 spiro atoms. The van der Waals surface area contributed by atoms with E-state index in [1.165, 1.54) is 0 Å². The van der Waals surface area contributed by atoms with Crippen LogP contribution in [0.3, 0.4) is 0 Å². The van der Waals surface area contributed by atoms with Gasteiger partial charge in [-0.05, 0) is 43.5 Å². The van der Waals surface area contributed by atoms with Crippen LogP contribution >= 0.6 is 0 Å². The Labute approximate surface area is 143 Å². The average Bonchev–Trinajstić information content (AvgIpc) is 2.61. The summed E-state index contributed by atoms with van der Waals surface area (Å²) in [7, 11) is 1.77. The molecular formula is C18H27N3O3. The molecule has 0 aliphatic carbocycles. The van der Waals surface area contributed by atoms with Gasteiger partial charge in [-0.3, -0.25) is 14.5 Å². The van der Waals surface area contributed by atoms with Crippen LogP contribution in [0.2, 0.25) is 0 Å². The molecule has 0 saturated carbocycles. The third kappa shape index (κ3) is 4.45. The standard InChI is InChI=1S/C18H27N3O3/c1-19-5-2-16(13-17(19)22)14-20-6-3-15(4-7-20)12-18(23)21-8-10-24-11-9-21/h2,5,13,15H,3-4,6-12,14H2,1H3. The lowest BCUT2D eigenvalue weighted by molar-refractivity contribution is -0.136. The molecule has 2 aliphatic rings. The van der Waals surface area contributed by atoms with Crippen molar-refractivity contribution in [3.05, 3.63) is 34.2 Å². The summed E-state index contributed by atoms with van der Waals surface area (Å²) in [5, 5.41) is 0. The lowest BCUT2D eigenvalue weighted by Crippen LogP contribution is -2.42. The number of pyridine rings is 1. The summed E-state index contributed by atoms with van der Waals surface area (Å²) in [6, 6.07) is 3.73. The highest BCUT2D eigenvalue weighted by Gasteiger charge is 2.24. The lowest BCUT2D eigenvalue weighted by atomic mass is 9.92. The Morgan fingerprint density at radius 2 is 1.92 bits per heavy atom. The van der Waals surface area contributed by atoms with Crippen LogP contribution in [0.25, 0.3) is 0 Å². The number of morpholine rings is 1. The van der Waals surface area contributed by atoms with E-state index in [4.69, 9.17) is 4.74 Å². The van der Waals surface area contributed by atoms with E-state index in [1.807, 2.05) is 17.2 Å². The Balaban J connectivity index is 1.44. The van der Waals surface area contributed by atoms with E-state index in [0.717, 1.165) is 51.1 Å². The number of rotatable bonds is 4. The van der Waals surface area contributed by atoms with Crippen LogP contribution < -0.4 is 5.56 Å². The van der Waals surface area contributed by atoms with E-state index < -0.39 is 0 Å². The summed E-state index contributed by atoms with van der Waals surface area (Å²) in [5.74, 6) is 0.767. The Hall–Kier alpha value is -1.66. The second-order valence-electron chi connectivity index (χ2n) is 6.90. The fraction of sp³-hybridized carbons (Fsp3) is 0.667. The number of aromatic nitrogens is 1. The minimum absolute atomic E-state index is 0.0403. The van der Waals surface area contributed by atoms with Crippen molar-refractivity contribution in [3.8, 4) is 0 Å². The Morgan fingerprint density at radius 3 is 2.58 bits per heavy atom. The molecule has 0 radical (unpaired) electrons. The second kappa shape index (κ2) is 7.94. The summed E-state index contributed by atoms with van der Waals surface area (Å²) in [4.78, 5) is 28.3. The van der Waals surface area contributed by atoms with Gasteiger partial charge in [0, 0.05) is 45.4 Å². The highest BCUT2D eigenvalue weighted by Crippen LogP contribution is 2.22. The van der Waals surface area contributed by atoms with E-state index in [2.05, 4.69) is 4.90 Å². The van der Waals surface area contributed by atoms with Crippen LogP contribution in [-0.4, -0.2) is 59.7 Å². The molecule has 2 aliphatic heterocycles. The number of likely N-dealkylation sites (tertiary alicyclic amines) is 1. The minimum atomic E-state index is 0.0403. The number of hydrogen-bond donors (Lipinski definition) is 0. The normalized spacial score (nSPS) is 20.3. The highest BCUT2D eigenvalue weighted by molar-refractivity contribution is 5.76. The fourth-order valence-electron chi connectivity index (χ4n) is 3.48. The molecule has 132 valence electrons. The van der Waals surface area contributed by atoms with Gasteiger partial charge in [0.15, 0.2) is 0 Å². The monoisotopic (exact) mass is 333 g/mol. The second-order valence-corrected chi connectivity index (χ2v) is 6.90. The highest BCUT2D eigenvalue weighted by atomic mass is 16.5. The van der Waals surface area contributed by atoms with Crippen LogP contribution in [0.4, 0.5) is 0 Å². The summed E-state index contributed by atoms with van der Waals surface area (Å²) in [6.07, 6.45) is 4.60. The van der Waals surface area contributed by atoms with Crippen LogP contribution in [0.15, 0.2) is 23.1 Å². The zero-order chi connectivity index (χ0) is 16.9. The Bertz CT molecular complexity index is 614. The van der Waals surface area contributed by atoms with Gasteiger partial charge in [0.05, 0.1) is 13.2 Å². The predicted octanol–water partition coefficient (Wildman–Crippen LogP) is 0.846. The number of piperidine rings is 1. The van der Waals surface area contributed by atoms with Gasteiger partial charge in [0.1, 0.15) is 0 Å². The molecule has 0 unspecified atom stereocenters. The van der Waals surface area contributed by atoms with Gasteiger partial charge in [-0.25, -0.2) is 0 Å². The van der Waals surface area contributed by atoms with Crippen LogP contribution in [0.1, 0.15) is 24.8 Å². The molecule has 1 aromatic rings. The number of nitrogens with zero attached hydrogens (tertiary/aromatic N) is 3. The average molecular weight is 333 g/mol. The van der Waals surface area contributed by atoms with Crippen LogP contribution in [0.5, 0.6) is 0 Å². The Kier molecular flexibility index (Phi) is 5.68. The molecule has 3 heterocycles. The molecule has 24 heavy (non-hydrogen) atoms. The van der Waals surface area contributed by atoms with E-state index in [0.29, 0.717) is 25.6 Å². The van der Waals surface area contributed by atoms with Crippen molar-refractivity contribution in [2.75, 3.05) is 39.4 Å². The number of carbonyl (C=O) groups excluding carboxylic acids is 1. The molecule has 2 fully saturated rings. The minimum Gasteiger partial charge on any atom is -0.378 e. The molecule has 6 heteroatoms. The maximum absolute atomic E-state index is 12.3. The van der Waals surface area contributed by atoms with Crippen LogP contribution in [0, 0.1) is 5.92 Å². The molecule has 3 rings (SSSR count). The van der Waals surface area contributed by atoms with Gasteiger partial charge in [-0.15, -0.1) is 0 Å². The quantitative estimate of drug-likeness (QED) is 0.820. The van der Waals surface area contributed by atoms with Crippen molar-refractivity contribution in [2.24, 2.45) is 13.0 Å². The van der Waals surface area contributed by atoms with Crippen LogP contribution in [-0.2, 0) is 23.1 Å². The van der Waals surface area contributed by atoms with Gasteiger partial charge < -0.3 is 14.2 Å². The number of aryl methyl sites for hydroxylation is 1. The van der Waals surface area contributed by atoms with Gasteiger partial charge in [-0.2, -0.15) is 0 Å². The number of amides is 1. The lowest BCUT2D eigenvalue weighted by Gasteiger charge is -2.33. The van der Waals surface area contributed by atoms with E-state index in [9.17, 15) is 9.59 Å². The van der Waals surface area contributed by atoms with Gasteiger partial charge >= 0.3 is 0 Å². The zero-order valence-electron chi connectivity index (χ0n) is 14.4. The molecule has 2 saturated heterocycles. The van der Waals surface area contributed by atoms with Gasteiger partial charge in [0.25, 0.3) is 5.56 Å². The fourth-order valence-corrected chi connectivity index (χ4v) is 3.48. The third-order valence-corrected chi connectivity index (χ3v) is 5.11. The molecule has 0 aromatic carbocycles. The summed E-state index contributed by atoms with van der Waals surface area (Å²) in [5.41, 5.74) is 1.11. The van der Waals surface area contributed by atoms with Gasteiger partial charge in [0.2, 0.25) is 5.91 Å². The molecule has 0 bridgehead atoms. The predicted molar refractivity (Wildman–Crippen MR) is 91.7 cm³/mol. The largest absolute Gasteiger partial charge is 0.378 e. The summed E-state index contributed by atoms with van der Waals surface area (Å²) < 4.78 is 6.89. The van der Waals surface area contributed by atoms with Crippen molar-refractivity contribution < 1.29 is 9.53 Å². The third-order valence-electron chi connectivity index (χ3n) is 5.11. The number of hydrogen-bond acceptors (Lipinski definition) is 4. The summed E-state index contributed by atoms with van der Waals surface area (Å²) >= 11 is 0. The zero-order valence-corrected chi connectivity index (χ0v) is 14.4. The SMILES string of the molecule is Cn1ccc(CN2CCC(CC(=O)N3CCOCC3)CC2)cc1=O. The molecular weight excluding hydrogens is 306 g/mol. The maximum atomic E-state index is 12.3. The van der Waals surface area contributed by atoms with Crippen molar-refractivity contribution in [1.29, 1.82) is 0 Å². The van der Waals surface area contributed by atoms with E-state index >= 15 is 0 Å². The molecule has 1 amide bonds. The smallest absolute Gasteiger partial charge is 0.250 e. The van der Waals surface area contributed by atoms with Crippen molar-refractivity contribution in [3.63, 3.8) is 0 Å². The topological polar surface area (TPSA) is 54.8 Å². The molecule has 1 aromatic heterocycles. The summed E-state index contributed by atoms with van der Waals surface area (Å²) in [6.45, 7) is 5.62. The maximum Gasteiger partial charge on any atom is 0.250 e. The van der Waals surface area contributed by atoms with Crippen molar-refractivity contribution >= 4 is 5.91 Å². The van der Waals surface area contributed by atoms with Crippen molar-refractivity contribution in [1.82, 2.24) is 14.4 Å². The van der Waals surface area contributed by atoms with Crippen molar-refractivity contribution in [2.45, 2.75) is 25.8 Å². The first-order valence-corrected chi connectivity index (χ1v) is 8.85. The first-order chi connectivity index (χ1) is 11.6. The number of ether oxygens (including phenoxy) is 1.